The molecule has 2 rings (SSSR count). The largest absolute Gasteiger partial charge is 0.314 e. The first-order valence-electron chi connectivity index (χ1n) is 7.71. The number of piperidine rings is 1. The molecule has 0 bridgehead atoms. The minimum Gasteiger partial charge on any atom is -0.314 e. The van der Waals surface area contributed by atoms with Gasteiger partial charge < -0.3 is 10.6 Å². The summed E-state index contributed by atoms with van der Waals surface area (Å²) in [6, 6.07) is 10.3. The fourth-order valence-corrected chi connectivity index (χ4v) is 2.94. The van der Waals surface area contributed by atoms with Gasteiger partial charge in [-0.2, -0.15) is 0 Å². The van der Waals surface area contributed by atoms with Crippen LogP contribution >= 0.6 is 0 Å². The van der Waals surface area contributed by atoms with Crippen LogP contribution in [-0.2, 0) is 0 Å². The second-order valence-corrected chi connectivity index (χ2v) is 6.05. The van der Waals surface area contributed by atoms with E-state index in [9.17, 15) is 0 Å². The first-order valence-corrected chi connectivity index (χ1v) is 7.71. The maximum absolute atomic E-state index is 3.64. The number of nitrogens with one attached hydrogen (secondary N) is 2. The zero-order valence-electron chi connectivity index (χ0n) is 12.6. The Bertz CT molecular complexity index is 363. The molecular weight excluding hydrogens is 232 g/mol. The van der Waals surface area contributed by atoms with Crippen LogP contribution in [0.2, 0.25) is 0 Å². The zero-order valence-corrected chi connectivity index (χ0v) is 12.6. The van der Waals surface area contributed by atoms with Gasteiger partial charge in [0.2, 0.25) is 0 Å². The van der Waals surface area contributed by atoms with E-state index in [1.54, 1.807) is 0 Å². The van der Waals surface area contributed by atoms with Crippen LogP contribution in [0.25, 0.3) is 0 Å². The number of hydrogen-bond donors (Lipinski definition) is 2. The molecule has 2 N–H and O–H groups in total. The van der Waals surface area contributed by atoms with Crippen LogP contribution in [0, 0.1) is 0 Å². The summed E-state index contributed by atoms with van der Waals surface area (Å²) in [5, 5.41) is 7.12. The average Bonchev–Trinajstić information content (AvgIpc) is 2.46. The van der Waals surface area contributed by atoms with Crippen molar-refractivity contribution in [3.05, 3.63) is 35.4 Å². The molecule has 1 aliphatic heterocycles. The Morgan fingerprint density at radius 1 is 1.16 bits per heavy atom. The molecule has 1 aliphatic rings. The molecule has 0 saturated carbocycles. The van der Waals surface area contributed by atoms with Crippen LogP contribution in [0.4, 0.5) is 0 Å². The Balaban J connectivity index is 1.99. The van der Waals surface area contributed by atoms with Crippen LogP contribution in [-0.4, -0.2) is 19.6 Å². The van der Waals surface area contributed by atoms with Crippen LogP contribution in [0.15, 0.2) is 24.3 Å². The predicted octanol–water partition coefficient (Wildman–Crippen LogP) is 3.60. The van der Waals surface area contributed by atoms with Gasteiger partial charge in [0.15, 0.2) is 0 Å². The molecule has 1 saturated heterocycles. The van der Waals surface area contributed by atoms with Gasteiger partial charge >= 0.3 is 0 Å². The molecule has 19 heavy (non-hydrogen) atoms. The molecule has 0 aromatic heterocycles. The van der Waals surface area contributed by atoms with Crippen LogP contribution in [0.5, 0.6) is 0 Å². The Morgan fingerprint density at radius 3 is 2.37 bits per heavy atom. The van der Waals surface area contributed by atoms with Gasteiger partial charge in [-0.3, -0.25) is 0 Å². The van der Waals surface area contributed by atoms with Crippen LogP contribution in [0.3, 0.4) is 0 Å². The van der Waals surface area contributed by atoms with Gasteiger partial charge in [0.25, 0.3) is 0 Å². The molecule has 0 radical (unpaired) electrons. The molecule has 2 unspecified atom stereocenters. The van der Waals surface area contributed by atoms with Gasteiger partial charge in [-0.25, -0.2) is 0 Å². The Kier molecular flexibility index (Phi) is 5.41. The highest BCUT2D eigenvalue weighted by atomic mass is 14.9. The maximum Gasteiger partial charge on any atom is 0.0332 e. The average molecular weight is 260 g/mol. The van der Waals surface area contributed by atoms with E-state index < -0.39 is 0 Å². The van der Waals surface area contributed by atoms with Gasteiger partial charge in [-0.05, 0) is 49.9 Å². The molecule has 0 aliphatic carbocycles. The van der Waals surface area contributed by atoms with E-state index in [0.29, 0.717) is 18.0 Å². The summed E-state index contributed by atoms with van der Waals surface area (Å²) in [7, 11) is 2.07. The minimum atomic E-state index is 0.469. The summed E-state index contributed by atoms with van der Waals surface area (Å²) in [6.07, 6.45) is 5.23. The maximum atomic E-state index is 3.64. The fourth-order valence-electron chi connectivity index (χ4n) is 2.94. The second-order valence-electron chi connectivity index (χ2n) is 6.05. The van der Waals surface area contributed by atoms with E-state index in [1.165, 1.54) is 43.4 Å². The summed E-state index contributed by atoms with van der Waals surface area (Å²) in [6.45, 7) is 5.68. The van der Waals surface area contributed by atoms with Crippen molar-refractivity contribution in [2.24, 2.45) is 0 Å². The highest BCUT2D eigenvalue weighted by Crippen LogP contribution is 2.24. The zero-order chi connectivity index (χ0) is 13.7. The lowest BCUT2D eigenvalue weighted by molar-refractivity contribution is 0.347. The molecular formula is C17H28N2. The van der Waals surface area contributed by atoms with Crippen molar-refractivity contribution < 1.29 is 0 Å². The lowest BCUT2D eigenvalue weighted by Crippen LogP contribution is -2.37. The molecule has 0 spiro atoms. The first-order chi connectivity index (χ1) is 9.20. The third-order valence-electron chi connectivity index (χ3n) is 4.29. The smallest absolute Gasteiger partial charge is 0.0332 e. The summed E-state index contributed by atoms with van der Waals surface area (Å²) in [5.41, 5.74) is 2.84. The molecule has 2 atom stereocenters. The monoisotopic (exact) mass is 260 g/mol. The Morgan fingerprint density at radius 2 is 1.84 bits per heavy atom. The molecule has 2 nitrogen and oxygen atoms in total. The third-order valence-corrected chi connectivity index (χ3v) is 4.29. The van der Waals surface area contributed by atoms with Crippen molar-refractivity contribution in [2.45, 2.75) is 57.5 Å². The topological polar surface area (TPSA) is 24.1 Å². The Labute approximate surface area is 118 Å². The summed E-state index contributed by atoms with van der Waals surface area (Å²) in [4.78, 5) is 0. The van der Waals surface area contributed by atoms with Gasteiger partial charge in [-0.1, -0.05) is 44.5 Å². The van der Waals surface area contributed by atoms with Crippen LogP contribution in [0.1, 0.15) is 62.6 Å². The van der Waals surface area contributed by atoms with Crippen molar-refractivity contribution in [1.29, 1.82) is 0 Å². The molecule has 2 heteroatoms. The molecule has 1 aromatic rings. The summed E-state index contributed by atoms with van der Waals surface area (Å²) < 4.78 is 0. The molecule has 106 valence electrons. The Hall–Kier alpha value is -0.860. The highest BCUT2D eigenvalue weighted by molar-refractivity contribution is 5.27. The lowest BCUT2D eigenvalue weighted by Gasteiger charge is -2.28. The van der Waals surface area contributed by atoms with Crippen molar-refractivity contribution in [3.63, 3.8) is 0 Å². The van der Waals surface area contributed by atoms with Crippen molar-refractivity contribution in [1.82, 2.24) is 10.6 Å². The van der Waals surface area contributed by atoms with Gasteiger partial charge in [0.1, 0.15) is 0 Å². The molecule has 0 amide bonds. The highest BCUT2D eigenvalue weighted by Gasteiger charge is 2.18. The second kappa shape index (κ2) is 7.06. The number of rotatable bonds is 5. The number of benzene rings is 1. The van der Waals surface area contributed by atoms with E-state index in [4.69, 9.17) is 0 Å². The predicted molar refractivity (Wildman–Crippen MR) is 82.6 cm³/mol. The van der Waals surface area contributed by atoms with E-state index >= 15 is 0 Å². The van der Waals surface area contributed by atoms with Crippen LogP contribution < -0.4 is 10.6 Å². The lowest BCUT2D eigenvalue weighted by atomic mass is 9.93. The van der Waals surface area contributed by atoms with Gasteiger partial charge in [0, 0.05) is 12.1 Å². The van der Waals surface area contributed by atoms with Gasteiger partial charge in [0.05, 0.1) is 0 Å². The quantitative estimate of drug-likeness (QED) is 0.845. The SMILES string of the molecule is CNC(CC1CCCCN1)c1ccc(C(C)C)cc1. The van der Waals surface area contributed by atoms with Crippen molar-refractivity contribution in [2.75, 3.05) is 13.6 Å². The van der Waals surface area contributed by atoms with E-state index in [1.807, 2.05) is 0 Å². The minimum absolute atomic E-state index is 0.469. The van der Waals surface area contributed by atoms with E-state index in [0.717, 1.165) is 0 Å². The van der Waals surface area contributed by atoms with E-state index in [-0.39, 0.29) is 0 Å². The summed E-state index contributed by atoms with van der Waals surface area (Å²) >= 11 is 0. The fraction of sp³-hybridized carbons (Fsp3) is 0.647. The molecule has 1 fully saturated rings. The third kappa shape index (κ3) is 4.05. The van der Waals surface area contributed by atoms with Crippen molar-refractivity contribution >= 4 is 0 Å². The first kappa shape index (κ1) is 14.5. The summed E-state index contributed by atoms with van der Waals surface area (Å²) in [5.74, 6) is 0.613. The number of hydrogen-bond acceptors (Lipinski definition) is 2. The normalized spacial score (nSPS) is 21.6. The molecule has 1 aromatic carbocycles. The van der Waals surface area contributed by atoms with Gasteiger partial charge in [-0.15, -0.1) is 0 Å². The standard InChI is InChI=1S/C17H28N2/c1-13(2)14-7-9-15(10-8-14)17(18-3)12-16-6-4-5-11-19-16/h7-10,13,16-19H,4-6,11-12H2,1-3H3. The molecule has 1 heterocycles. The van der Waals surface area contributed by atoms with Crippen molar-refractivity contribution in [3.8, 4) is 0 Å². The van der Waals surface area contributed by atoms with E-state index in [2.05, 4.69) is 55.8 Å².